The van der Waals surface area contributed by atoms with Crippen LogP contribution in [0.25, 0.3) is 0 Å². The van der Waals surface area contributed by atoms with Crippen LogP contribution in [-0.2, 0) is 5.41 Å². The van der Waals surface area contributed by atoms with Crippen molar-refractivity contribution in [3.8, 4) is 5.75 Å². The third-order valence-electron chi connectivity index (χ3n) is 4.12. The summed E-state index contributed by atoms with van der Waals surface area (Å²) in [5, 5.41) is 0. The average Bonchev–Trinajstić information content (AvgIpc) is 3.14. The predicted octanol–water partition coefficient (Wildman–Crippen LogP) is 2.81. The number of halogens is 2. The molecule has 92 valence electrons. The lowest BCUT2D eigenvalue weighted by Crippen LogP contribution is -2.37. The second-order valence-electron chi connectivity index (χ2n) is 5.14. The first-order valence-corrected chi connectivity index (χ1v) is 5.90. The van der Waals surface area contributed by atoms with E-state index in [2.05, 4.69) is 4.74 Å². The molecule has 0 amide bonds. The molecule has 0 saturated heterocycles. The van der Waals surface area contributed by atoms with Gasteiger partial charge in [-0.1, -0.05) is 12.1 Å². The highest BCUT2D eigenvalue weighted by molar-refractivity contribution is 5.42. The van der Waals surface area contributed by atoms with Crippen LogP contribution in [0.2, 0.25) is 0 Å². The zero-order valence-electron chi connectivity index (χ0n) is 9.46. The molecule has 0 aliphatic heterocycles. The Hall–Kier alpha value is -1.16. The summed E-state index contributed by atoms with van der Waals surface area (Å²) in [6.45, 7) is -2.76. The fourth-order valence-electron chi connectivity index (χ4n) is 2.77. The molecule has 17 heavy (non-hydrogen) atoms. The van der Waals surface area contributed by atoms with E-state index in [1.165, 1.54) is 5.56 Å². The lowest BCUT2D eigenvalue weighted by Gasteiger charge is -2.23. The highest BCUT2D eigenvalue weighted by Gasteiger charge is 2.63. The van der Waals surface area contributed by atoms with Gasteiger partial charge in [0.15, 0.2) is 0 Å². The summed E-state index contributed by atoms with van der Waals surface area (Å²) in [4.78, 5) is 0. The molecular formula is C13H15F2NO. The van der Waals surface area contributed by atoms with Gasteiger partial charge >= 0.3 is 6.61 Å². The predicted molar refractivity (Wildman–Crippen MR) is 60.1 cm³/mol. The van der Waals surface area contributed by atoms with Gasteiger partial charge in [-0.05, 0) is 43.4 Å². The van der Waals surface area contributed by atoms with Gasteiger partial charge in [0.2, 0.25) is 0 Å². The van der Waals surface area contributed by atoms with E-state index in [0.717, 1.165) is 25.7 Å². The Bertz CT molecular complexity index is 422. The molecule has 0 atom stereocenters. The van der Waals surface area contributed by atoms with E-state index in [4.69, 9.17) is 5.73 Å². The molecule has 0 unspecified atom stereocenters. The maximum absolute atomic E-state index is 12.0. The molecule has 3 rings (SSSR count). The maximum atomic E-state index is 12.0. The summed E-state index contributed by atoms with van der Waals surface area (Å²) < 4.78 is 28.4. The Kier molecular flexibility index (Phi) is 2.20. The summed E-state index contributed by atoms with van der Waals surface area (Å²) in [5.41, 5.74) is 7.52. The number of hydrogen-bond acceptors (Lipinski definition) is 2. The second kappa shape index (κ2) is 3.42. The molecule has 0 radical (unpaired) electrons. The summed E-state index contributed by atoms with van der Waals surface area (Å²) in [6.07, 6.45) is 4.36. The molecule has 1 aromatic carbocycles. The van der Waals surface area contributed by atoms with Gasteiger partial charge in [-0.25, -0.2) is 0 Å². The minimum absolute atomic E-state index is 0.0436. The fourth-order valence-corrected chi connectivity index (χ4v) is 2.77. The molecule has 2 saturated carbocycles. The average molecular weight is 239 g/mol. The van der Waals surface area contributed by atoms with Gasteiger partial charge in [-0.3, -0.25) is 0 Å². The van der Waals surface area contributed by atoms with Crippen LogP contribution in [0.5, 0.6) is 5.75 Å². The van der Waals surface area contributed by atoms with Crippen molar-refractivity contribution in [2.75, 3.05) is 0 Å². The Morgan fingerprint density at radius 2 is 1.65 bits per heavy atom. The van der Waals surface area contributed by atoms with Gasteiger partial charge in [0, 0.05) is 11.0 Å². The van der Waals surface area contributed by atoms with Crippen LogP contribution in [0, 0.1) is 0 Å². The Morgan fingerprint density at radius 3 is 2.06 bits per heavy atom. The van der Waals surface area contributed by atoms with Crippen molar-refractivity contribution < 1.29 is 13.5 Å². The normalized spacial score (nSPS) is 23.5. The number of rotatable bonds is 4. The lowest BCUT2D eigenvalue weighted by molar-refractivity contribution is -0.0498. The van der Waals surface area contributed by atoms with E-state index < -0.39 is 6.61 Å². The fraction of sp³-hybridized carbons (Fsp3) is 0.538. The molecule has 0 aromatic heterocycles. The second-order valence-corrected chi connectivity index (χ2v) is 5.14. The van der Waals surface area contributed by atoms with E-state index in [1.54, 1.807) is 12.1 Å². The van der Waals surface area contributed by atoms with Gasteiger partial charge in [0.25, 0.3) is 0 Å². The first-order chi connectivity index (χ1) is 8.06. The first kappa shape index (κ1) is 11.0. The molecule has 2 N–H and O–H groups in total. The van der Waals surface area contributed by atoms with Gasteiger partial charge in [-0.15, -0.1) is 0 Å². The van der Waals surface area contributed by atoms with Crippen molar-refractivity contribution in [3.63, 3.8) is 0 Å². The number of benzene rings is 1. The minimum atomic E-state index is -2.76. The molecular weight excluding hydrogens is 224 g/mol. The summed E-state index contributed by atoms with van der Waals surface area (Å²) in [5.74, 6) is 0.210. The van der Waals surface area contributed by atoms with Crippen LogP contribution in [0.4, 0.5) is 8.78 Å². The lowest BCUT2D eigenvalue weighted by atomic mass is 9.86. The zero-order valence-corrected chi connectivity index (χ0v) is 9.46. The molecule has 2 fully saturated rings. The molecule has 1 aromatic rings. The van der Waals surface area contributed by atoms with E-state index in [1.807, 2.05) is 12.1 Å². The van der Waals surface area contributed by atoms with Crippen LogP contribution < -0.4 is 10.5 Å². The van der Waals surface area contributed by atoms with Crippen molar-refractivity contribution in [2.24, 2.45) is 5.73 Å². The SMILES string of the molecule is NC1(C2(c3ccc(OC(F)F)cc3)CC2)CC1. The Labute approximate surface area is 98.8 Å². The molecule has 0 spiro atoms. The number of hydrogen-bond donors (Lipinski definition) is 1. The highest BCUT2D eigenvalue weighted by atomic mass is 19.3. The van der Waals surface area contributed by atoms with Gasteiger partial charge < -0.3 is 10.5 Å². The highest BCUT2D eigenvalue weighted by Crippen LogP contribution is 2.63. The first-order valence-electron chi connectivity index (χ1n) is 5.90. The van der Waals surface area contributed by atoms with E-state index >= 15 is 0 Å². The summed E-state index contributed by atoms with van der Waals surface area (Å²) in [6, 6.07) is 6.95. The monoisotopic (exact) mass is 239 g/mol. The van der Waals surface area contributed by atoms with Crippen LogP contribution in [0.3, 0.4) is 0 Å². The quantitative estimate of drug-likeness (QED) is 0.876. The molecule has 0 bridgehead atoms. The topological polar surface area (TPSA) is 35.2 Å². The largest absolute Gasteiger partial charge is 0.435 e. The van der Waals surface area contributed by atoms with Crippen molar-refractivity contribution in [3.05, 3.63) is 29.8 Å². The van der Waals surface area contributed by atoms with Crippen LogP contribution in [-0.4, -0.2) is 12.2 Å². The van der Waals surface area contributed by atoms with Gasteiger partial charge in [-0.2, -0.15) is 8.78 Å². The standard InChI is InChI=1S/C13H15F2NO/c14-11(15)17-10-3-1-9(2-4-10)12(5-6-12)13(16)7-8-13/h1-4,11H,5-8,16H2. The Balaban J connectivity index is 1.81. The summed E-state index contributed by atoms with van der Waals surface area (Å²) in [7, 11) is 0. The van der Waals surface area contributed by atoms with E-state index in [9.17, 15) is 8.78 Å². The number of alkyl halides is 2. The van der Waals surface area contributed by atoms with Crippen LogP contribution in [0.15, 0.2) is 24.3 Å². The van der Waals surface area contributed by atoms with Gasteiger partial charge in [0.1, 0.15) is 5.75 Å². The van der Waals surface area contributed by atoms with Crippen molar-refractivity contribution in [1.82, 2.24) is 0 Å². The van der Waals surface area contributed by atoms with Crippen LogP contribution in [0.1, 0.15) is 31.2 Å². The molecule has 2 aliphatic rings. The third kappa shape index (κ3) is 1.71. The summed E-state index contributed by atoms with van der Waals surface area (Å²) >= 11 is 0. The minimum Gasteiger partial charge on any atom is -0.435 e. The molecule has 0 heterocycles. The molecule has 2 aliphatic carbocycles. The van der Waals surface area contributed by atoms with Crippen molar-refractivity contribution in [1.29, 1.82) is 0 Å². The zero-order chi connectivity index (χ0) is 12.1. The third-order valence-corrected chi connectivity index (χ3v) is 4.12. The molecule has 2 nitrogen and oxygen atoms in total. The smallest absolute Gasteiger partial charge is 0.387 e. The van der Waals surface area contributed by atoms with Crippen molar-refractivity contribution in [2.45, 2.75) is 43.2 Å². The van der Waals surface area contributed by atoms with Crippen molar-refractivity contribution >= 4 is 0 Å². The number of nitrogens with two attached hydrogens (primary N) is 1. The van der Waals surface area contributed by atoms with E-state index in [-0.39, 0.29) is 16.7 Å². The van der Waals surface area contributed by atoms with Crippen LogP contribution >= 0.6 is 0 Å². The van der Waals surface area contributed by atoms with E-state index in [0.29, 0.717) is 0 Å². The maximum Gasteiger partial charge on any atom is 0.387 e. The number of ether oxygens (including phenoxy) is 1. The Morgan fingerprint density at radius 1 is 1.06 bits per heavy atom. The molecule has 4 heteroatoms. The van der Waals surface area contributed by atoms with Gasteiger partial charge in [0.05, 0.1) is 0 Å².